The number of rotatable bonds is 3. The number of carbonyl (C=O) groups excluding carboxylic acids is 3. The predicted octanol–water partition coefficient (Wildman–Crippen LogP) is 4.40. The molecule has 2 aromatic rings. The number of likely N-dealkylation sites (tertiary alicyclic amines) is 1. The molecule has 3 heterocycles. The second-order valence-electron chi connectivity index (χ2n) is 10.9. The van der Waals surface area contributed by atoms with Crippen molar-refractivity contribution in [1.29, 1.82) is 0 Å². The van der Waals surface area contributed by atoms with Gasteiger partial charge in [0.15, 0.2) is 11.5 Å². The van der Waals surface area contributed by atoms with E-state index in [2.05, 4.69) is 0 Å². The fourth-order valence-electron chi connectivity index (χ4n) is 5.35. The highest BCUT2D eigenvalue weighted by atomic mass is 16.6. The molecule has 1 aliphatic carbocycles. The first-order chi connectivity index (χ1) is 17.0. The molecule has 3 aliphatic rings. The standard InChI is InChI=1S/C27H32N2O7/c1-26(2,3)36-25(32)29-14-27(12-19(29)24(31)34-5)13-20(30)21-17-11-16(33-4)9-10-18(17)28-22(23(21)35-27)15-7-6-8-15/h9-11,15,19H,6-8,12-14H2,1-5H3/t19-,27-/m0/s1. The van der Waals surface area contributed by atoms with E-state index in [9.17, 15) is 14.4 Å². The lowest BCUT2D eigenvalue weighted by Gasteiger charge is -2.38. The van der Waals surface area contributed by atoms with Gasteiger partial charge in [-0.2, -0.15) is 0 Å². The Balaban J connectivity index is 1.59. The molecule has 5 rings (SSSR count). The molecule has 1 aromatic carbocycles. The van der Waals surface area contributed by atoms with Crippen LogP contribution in [0.25, 0.3) is 10.9 Å². The summed E-state index contributed by atoms with van der Waals surface area (Å²) in [4.78, 5) is 45.8. The minimum atomic E-state index is -1.08. The monoisotopic (exact) mass is 496 g/mol. The van der Waals surface area contributed by atoms with Crippen LogP contribution < -0.4 is 9.47 Å². The molecule has 2 fully saturated rings. The number of hydrogen-bond donors (Lipinski definition) is 0. The number of nitrogens with zero attached hydrogens (tertiary/aromatic N) is 2. The third-order valence-corrected chi connectivity index (χ3v) is 7.25. The Bertz CT molecular complexity index is 1250. The van der Waals surface area contributed by atoms with E-state index in [1.54, 1.807) is 27.9 Å². The summed E-state index contributed by atoms with van der Waals surface area (Å²) in [5.41, 5.74) is 0.164. The summed E-state index contributed by atoms with van der Waals surface area (Å²) in [6.45, 7) is 5.32. The smallest absolute Gasteiger partial charge is 0.411 e. The van der Waals surface area contributed by atoms with E-state index in [1.807, 2.05) is 18.2 Å². The van der Waals surface area contributed by atoms with E-state index in [4.69, 9.17) is 23.9 Å². The number of carbonyl (C=O) groups is 3. The van der Waals surface area contributed by atoms with E-state index in [1.165, 1.54) is 12.0 Å². The van der Waals surface area contributed by atoms with Gasteiger partial charge in [-0.05, 0) is 51.8 Å². The maximum atomic E-state index is 13.8. The maximum absolute atomic E-state index is 13.8. The van der Waals surface area contributed by atoms with Gasteiger partial charge in [0, 0.05) is 17.7 Å². The summed E-state index contributed by atoms with van der Waals surface area (Å²) in [5, 5.41) is 0.679. The second-order valence-corrected chi connectivity index (χ2v) is 10.9. The number of Topliss-reactive ketones (excluding diaryl/α,β-unsaturated/α-hetero) is 1. The third kappa shape index (κ3) is 4.14. The molecule has 2 atom stereocenters. The summed E-state index contributed by atoms with van der Waals surface area (Å²) in [5.74, 6) is 0.616. The first kappa shape index (κ1) is 24.3. The Kier molecular flexibility index (Phi) is 5.84. The van der Waals surface area contributed by atoms with Gasteiger partial charge in [-0.15, -0.1) is 0 Å². The SMILES string of the molecule is COC(=O)[C@@H]1C[C@]2(CC(=O)c3c(c(C4CCC4)nc4ccc(OC)cc34)O2)CN1C(=O)OC(C)(C)C. The number of methoxy groups -OCH3 is 2. The summed E-state index contributed by atoms with van der Waals surface area (Å²) in [6, 6.07) is 4.59. The van der Waals surface area contributed by atoms with Crippen LogP contribution in [0.2, 0.25) is 0 Å². The topological polar surface area (TPSA) is 104 Å². The van der Waals surface area contributed by atoms with Crippen LogP contribution in [0, 0.1) is 0 Å². The molecule has 1 spiro atoms. The van der Waals surface area contributed by atoms with Crippen molar-refractivity contribution in [2.45, 2.75) is 76.0 Å². The molecule has 36 heavy (non-hydrogen) atoms. The first-order valence-electron chi connectivity index (χ1n) is 12.4. The average molecular weight is 497 g/mol. The number of esters is 1. The molecule has 0 bridgehead atoms. The van der Waals surface area contributed by atoms with Gasteiger partial charge >= 0.3 is 12.1 Å². The molecular weight excluding hydrogens is 464 g/mol. The number of ketones is 1. The van der Waals surface area contributed by atoms with Crippen molar-refractivity contribution >= 4 is 28.7 Å². The molecule has 2 aliphatic heterocycles. The van der Waals surface area contributed by atoms with Crippen molar-refractivity contribution in [3.63, 3.8) is 0 Å². The lowest BCUT2D eigenvalue weighted by atomic mass is 9.79. The molecule has 192 valence electrons. The van der Waals surface area contributed by atoms with Crippen LogP contribution >= 0.6 is 0 Å². The first-order valence-corrected chi connectivity index (χ1v) is 12.4. The molecule has 9 heteroatoms. The van der Waals surface area contributed by atoms with Crippen LogP contribution in [0.4, 0.5) is 4.79 Å². The molecule has 9 nitrogen and oxygen atoms in total. The number of ether oxygens (including phenoxy) is 4. The minimum Gasteiger partial charge on any atom is -0.497 e. The molecule has 0 radical (unpaired) electrons. The number of aromatic nitrogens is 1. The lowest BCUT2D eigenvalue weighted by molar-refractivity contribution is -0.145. The van der Waals surface area contributed by atoms with Gasteiger partial charge in [-0.25, -0.2) is 14.6 Å². The van der Waals surface area contributed by atoms with E-state index in [0.717, 1.165) is 30.5 Å². The van der Waals surface area contributed by atoms with E-state index < -0.39 is 29.3 Å². The molecule has 1 saturated heterocycles. The molecule has 1 amide bonds. The Morgan fingerprint density at radius 2 is 1.94 bits per heavy atom. The minimum absolute atomic E-state index is 0.0211. The third-order valence-electron chi connectivity index (χ3n) is 7.25. The maximum Gasteiger partial charge on any atom is 0.411 e. The van der Waals surface area contributed by atoms with E-state index in [0.29, 0.717) is 22.4 Å². The zero-order valence-corrected chi connectivity index (χ0v) is 21.4. The fraction of sp³-hybridized carbons (Fsp3) is 0.556. The van der Waals surface area contributed by atoms with Gasteiger partial charge in [0.05, 0.1) is 44.0 Å². The van der Waals surface area contributed by atoms with Crippen molar-refractivity contribution in [3.8, 4) is 11.5 Å². The van der Waals surface area contributed by atoms with Crippen LogP contribution in [0.1, 0.15) is 74.8 Å². The normalized spacial score (nSPS) is 23.8. The van der Waals surface area contributed by atoms with Gasteiger partial charge < -0.3 is 18.9 Å². The Hall–Kier alpha value is -3.36. The van der Waals surface area contributed by atoms with Gasteiger partial charge in [-0.1, -0.05) is 6.42 Å². The summed E-state index contributed by atoms with van der Waals surface area (Å²) >= 11 is 0. The molecular formula is C27H32N2O7. The average Bonchev–Trinajstić information content (AvgIpc) is 3.14. The van der Waals surface area contributed by atoms with Crippen LogP contribution in [0.3, 0.4) is 0 Å². The van der Waals surface area contributed by atoms with Crippen molar-refractivity contribution in [3.05, 3.63) is 29.5 Å². The van der Waals surface area contributed by atoms with Crippen molar-refractivity contribution < 1.29 is 33.3 Å². The van der Waals surface area contributed by atoms with Crippen LogP contribution in [-0.2, 0) is 14.3 Å². The van der Waals surface area contributed by atoms with Gasteiger partial charge in [-0.3, -0.25) is 9.69 Å². The fourth-order valence-corrected chi connectivity index (χ4v) is 5.35. The number of benzene rings is 1. The van der Waals surface area contributed by atoms with E-state index >= 15 is 0 Å². The van der Waals surface area contributed by atoms with Gasteiger partial charge in [0.2, 0.25) is 0 Å². The zero-order chi connectivity index (χ0) is 25.8. The van der Waals surface area contributed by atoms with Crippen molar-refractivity contribution in [2.24, 2.45) is 0 Å². The molecule has 0 N–H and O–H groups in total. The quantitative estimate of drug-likeness (QED) is 0.576. The molecule has 0 unspecified atom stereocenters. The number of amides is 1. The highest BCUT2D eigenvalue weighted by Gasteiger charge is 2.55. The lowest BCUT2D eigenvalue weighted by Crippen LogP contribution is -2.47. The van der Waals surface area contributed by atoms with Crippen molar-refractivity contribution in [2.75, 3.05) is 20.8 Å². The highest BCUT2D eigenvalue weighted by molar-refractivity contribution is 6.11. The summed E-state index contributed by atoms with van der Waals surface area (Å²) in [7, 11) is 2.86. The number of hydrogen-bond acceptors (Lipinski definition) is 8. The predicted molar refractivity (Wildman–Crippen MR) is 131 cm³/mol. The Morgan fingerprint density at radius 3 is 2.56 bits per heavy atom. The second kappa shape index (κ2) is 8.64. The zero-order valence-electron chi connectivity index (χ0n) is 21.4. The number of pyridine rings is 1. The van der Waals surface area contributed by atoms with E-state index in [-0.39, 0.29) is 31.1 Å². The summed E-state index contributed by atoms with van der Waals surface area (Å²) < 4.78 is 22.6. The van der Waals surface area contributed by atoms with Crippen molar-refractivity contribution in [1.82, 2.24) is 9.88 Å². The highest BCUT2D eigenvalue weighted by Crippen LogP contribution is 2.49. The number of fused-ring (bicyclic) bond motifs is 3. The van der Waals surface area contributed by atoms with Crippen LogP contribution in [-0.4, -0.2) is 65.7 Å². The molecule has 1 aromatic heterocycles. The molecule has 1 saturated carbocycles. The van der Waals surface area contributed by atoms with Gasteiger partial charge in [0.25, 0.3) is 0 Å². The van der Waals surface area contributed by atoms with Gasteiger partial charge in [0.1, 0.15) is 23.0 Å². The Labute approximate surface area is 210 Å². The van der Waals surface area contributed by atoms with Crippen LogP contribution in [0.15, 0.2) is 18.2 Å². The summed E-state index contributed by atoms with van der Waals surface area (Å²) in [6.07, 6.45) is 2.55. The Morgan fingerprint density at radius 1 is 1.19 bits per heavy atom. The van der Waals surface area contributed by atoms with Crippen LogP contribution in [0.5, 0.6) is 11.5 Å². The largest absolute Gasteiger partial charge is 0.497 e.